The summed E-state index contributed by atoms with van der Waals surface area (Å²) in [6.45, 7) is 8.20. The molecular weight excluding hydrogens is 282 g/mol. The van der Waals surface area contributed by atoms with Gasteiger partial charge in [0.15, 0.2) is 0 Å². The lowest BCUT2D eigenvalue weighted by Gasteiger charge is -2.45. The third-order valence-electron chi connectivity index (χ3n) is 4.39. The first-order valence-corrected chi connectivity index (χ1v) is 8.80. The topological polar surface area (TPSA) is 38.3 Å². The van der Waals surface area contributed by atoms with Gasteiger partial charge in [-0.25, -0.2) is 0 Å². The lowest BCUT2D eigenvalue weighted by molar-refractivity contribution is -0.109. The highest BCUT2D eigenvalue weighted by molar-refractivity contribution is 7.12. The second-order valence-corrected chi connectivity index (χ2v) is 7.72. The number of rotatable bonds is 6. The Kier molecular flexibility index (Phi) is 5.44. The van der Waals surface area contributed by atoms with Crippen LogP contribution >= 0.6 is 11.3 Å². The summed E-state index contributed by atoms with van der Waals surface area (Å²) in [4.78, 5) is 12.8. The molecule has 1 amide bonds. The molecule has 1 aliphatic heterocycles. The van der Waals surface area contributed by atoms with Crippen LogP contribution < -0.4 is 5.32 Å². The van der Waals surface area contributed by atoms with Gasteiger partial charge < -0.3 is 10.1 Å². The summed E-state index contributed by atoms with van der Waals surface area (Å²) in [6, 6.07) is 3.79. The normalized spacial score (nSPS) is 24.7. The lowest BCUT2D eigenvalue weighted by atomic mass is 9.69. The van der Waals surface area contributed by atoms with E-state index < -0.39 is 0 Å². The molecule has 0 spiro atoms. The average Bonchev–Trinajstić information content (AvgIpc) is 2.91. The van der Waals surface area contributed by atoms with E-state index in [1.54, 1.807) is 0 Å². The maximum Gasteiger partial charge on any atom is 0.261 e. The predicted octanol–water partition coefficient (Wildman–Crippen LogP) is 4.24. The summed E-state index contributed by atoms with van der Waals surface area (Å²) in [5, 5.41) is 5.01. The quantitative estimate of drug-likeness (QED) is 0.853. The molecule has 1 saturated heterocycles. The van der Waals surface area contributed by atoms with E-state index in [0.717, 1.165) is 37.3 Å². The van der Waals surface area contributed by atoms with E-state index in [-0.39, 0.29) is 11.5 Å². The van der Waals surface area contributed by atoms with Crippen molar-refractivity contribution in [2.75, 3.05) is 13.2 Å². The van der Waals surface area contributed by atoms with E-state index in [9.17, 15) is 4.79 Å². The standard InChI is InChI=1S/C17H27NO2S/c1-4-7-17(9-11-20-16(2,3)13-17)8-10-18-15(19)14-6-5-12-21-14/h5-6,12H,4,7-11,13H2,1-3H3,(H,18,19)/t17-/m0/s1. The van der Waals surface area contributed by atoms with Gasteiger partial charge in [-0.2, -0.15) is 0 Å². The summed E-state index contributed by atoms with van der Waals surface area (Å²) in [6.07, 6.45) is 5.65. The minimum absolute atomic E-state index is 0.0365. The van der Waals surface area contributed by atoms with Gasteiger partial charge in [0, 0.05) is 13.2 Å². The fourth-order valence-corrected chi connectivity index (χ4v) is 4.24. The number of hydrogen-bond donors (Lipinski definition) is 1. The van der Waals surface area contributed by atoms with Crippen molar-refractivity contribution < 1.29 is 9.53 Å². The molecule has 3 nitrogen and oxygen atoms in total. The molecule has 1 atom stereocenters. The van der Waals surface area contributed by atoms with Gasteiger partial charge in [0.2, 0.25) is 0 Å². The summed E-state index contributed by atoms with van der Waals surface area (Å²) < 4.78 is 5.87. The van der Waals surface area contributed by atoms with Crippen molar-refractivity contribution in [1.29, 1.82) is 0 Å². The maximum atomic E-state index is 12.0. The van der Waals surface area contributed by atoms with Crippen molar-refractivity contribution in [1.82, 2.24) is 5.32 Å². The van der Waals surface area contributed by atoms with E-state index in [1.807, 2.05) is 17.5 Å². The van der Waals surface area contributed by atoms with Gasteiger partial charge in [-0.1, -0.05) is 19.4 Å². The van der Waals surface area contributed by atoms with Crippen molar-refractivity contribution in [3.63, 3.8) is 0 Å². The Morgan fingerprint density at radius 2 is 2.24 bits per heavy atom. The Labute approximate surface area is 132 Å². The SMILES string of the molecule is CCC[C@]1(CCNC(=O)c2cccs2)CCOC(C)(C)C1. The van der Waals surface area contributed by atoms with Crippen molar-refractivity contribution in [2.45, 2.75) is 58.5 Å². The first-order valence-electron chi connectivity index (χ1n) is 7.92. The summed E-state index contributed by atoms with van der Waals surface area (Å²) >= 11 is 1.49. The number of carbonyl (C=O) groups is 1. The molecule has 1 aliphatic rings. The maximum absolute atomic E-state index is 12.0. The smallest absolute Gasteiger partial charge is 0.261 e. The molecule has 0 bridgehead atoms. The minimum Gasteiger partial charge on any atom is -0.376 e. The number of nitrogens with one attached hydrogen (secondary N) is 1. The highest BCUT2D eigenvalue weighted by Crippen LogP contribution is 2.44. The van der Waals surface area contributed by atoms with Crippen molar-refractivity contribution in [3.05, 3.63) is 22.4 Å². The van der Waals surface area contributed by atoms with Gasteiger partial charge in [-0.3, -0.25) is 4.79 Å². The monoisotopic (exact) mass is 309 g/mol. The predicted molar refractivity (Wildman–Crippen MR) is 87.9 cm³/mol. The fraction of sp³-hybridized carbons (Fsp3) is 0.706. The third kappa shape index (κ3) is 4.55. The van der Waals surface area contributed by atoms with Crippen LogP contribution in [0, 0.1) is 5.41 Å². The molecular formula is C17H27NO2S. The average molecular weight is 309 g/mol. The zero-order chi connectivity index (χ0) is 15.3. The van der Waals surface area contributed by atoms with E-state index in [0.29, 0.717) is 5.41 Å². The van der Waals surface area contributed by atoms with Gasteiger partial charge in [0.1, 0.15) is 0 Å². The Balaban J connectivity index is 1.89. The van der Waals surface area contributed by atoms with Gasteiger partial charge >= 0.3 is 0 Å². The molecule has 0 saturated carbocycles. The number of amides is 1. The highest BCUT2D eigenvalue weighted by atomic mass is 32.1. The van der Waals surface area contributed by atoms with Gasteiger partial charge in [0.05, 0.1) is 10.5 Å². The number of thiophene rings is 1. The molecule has 0 radical (unpaired) electrons. The Hall–Kier alpha value is -0.870. The van der Waals surface area contributed by atoms with Crippen molar-refractivity contribution >= 4 is 17.2 Å². The molecule has 2 rings (SSSR count). The molecule has 4 heteroatoms. The molecule has 0 unspecified atom stereocenters. The zero-order valence-corrected chi connectivity index (χ0v) is 14.2. The van der Waals surface area contributed by atoms with E-state index in [2.05, 4.69) is 26.1 Å². The first-order chi connectivity index (χ1) is 9.96. The highest BCUT2D eigenvalue weighted by Gasteiger charge is 2.39. The Morgan fingerprint density at radius 3 is 2.86 bits per heavy atom. The zero-order valence-electron chi connectivity index (χ0n) is 13.4. The molecule has 21 heavy (non-hydrogen) atoms. The first kappa shape index (κ1) is 16.5. The van der Waals surface area contributed by atoms with Crippen LogP contribution in [0.3, 0.4) is 0 Å². The molecule has 0 aliphatic carbocycles. The molecule has 1 aromatic heterocycles. The molecule has 0 aromatic carbocycles. The Morgan fingerprint density at radius 1 is 1.43 bits per heavy atom. The van der Waals surface area contributed by atoms with Gasteiger partial charge in [0.25, 0.3) is 5.91 Å². The van der Waals surface area contributed by atoms with E-state index in [4.69, 9.17) is 4.74 Å². The van der Waals surface area contributed by atoms with Crippen molar-refractivity contribution in [3.8, 4) is 0 Å². The van der Waals surface area contributed by atoms with Gasteiger partial charge in [-0.15, -0.1) is 11.3 Å². The van der Waals surface area contributed by atoms with E-state index >= 15 is 0 Å². The largest absolute Gasteiger partial charge is 0.376 e. The number of hydrogen-bond acceptors (Lipinski definition) is 3. The molecule has 1 fully saturated rings. The Bertz CT molecular complexity index is 451. The number of carbonyl (C=O) groups excluding carboxylic acids is 1. The molecule has 2 heterocycles. The van der Waals surface area contributed by atoms with Gasteiger partial charge in [-0.05, 0) is 56.4 Å². The van der Waals surface area contributed by atoms with Crippen LogP contribution in [-0.2, 0) is 4.74 Å². The van der Waals surface area contributed by atoms with Crippen LogP contribution in [0.15, 0.2) is 17.5 Å². The van der Waals surface area contributed by atoms with Crippen LogP contribution in [0.25, 0.3) is 0 Å². The van der Waals surface area contributed by atoms with Crippen LogP contribution in [0.4, 0.5) is 0 Å². The third-order valence-corrected chi connectivity index (χ3v) is 5.26. The summed E-state index contributed by atoms with van der Waals surface area (Å²) in [5.74, 6) is 0.0583. The van der Waals surface area contributed by atoms with E-state index in [1.165, 1.54) is 24.2 Å². The van der Waals surface area contributed by atoms with Crippen LogP contribution in [0.2, 0.25) is 0 Å². The van der Waals surface area contributed by atoms with Crippen LogP contribution in [-0.4, -0.2) is 24.7 Å². The van der Waals surface area contributed by atoms with Crippen molar-refractivity contribution in [2.24, 2.45) is 5.41 Å². The molecule has 1 aromatic rings. The second-order valence-electron chi connectivity index (χ2n) is 6.77. The second kappa shape index (κ2) is 6.93. The fourth-order valence-electron chi connectivity index (χ4n) is 3.60. The molecule has 1 N–H and O–H groups in total. The lowest BCUT2D eigenvalue weighted by Crippen LogP contribution is -2.43. The van der Waals surface area contributed by atoms with Crippen LogP contribution in [0.1, 0.15) is 62.5 Å². The van der Waals surface area contributed by atoms with Crippen LogP contribution in [0.5, 0.6) is 0 Å². The molecule has 118 valence electrons. The summed E-state index contributed by atoms with van der Waals surface area (Å²) in [5.41, 5.74) is 0.282. The summed E-state index contributed by atoms with van der Waals surface area (Å²) in [7, 11) is 0. The minimum atomic E-state index is -0.0365. The number of ether oxygens (including phenoxy) is 1.